The highest BCUT2D eigenvalue weighted by Crippen LogP contribution is 2.29. The Balaban J connectivity index is 1.43. The number of carbonyl (C=O) groups excluding carboxylic acids is 4. The van der Waals surface area contributed by atoms with Gasteiger partial charge in [0.25, 0.3) is 11.8 Å². The average molecular weight is 445 g/mol. The van der Waals surface area contributed by atoms with Gasteiger partial charge in [0.15, 0.2) is 6.61 Å². The highest BCUT2D eigenvalue weighted by Gasteiger charge is 2.36. The smallest absolute Gasteiger partial charge is 0.338 e. The number of imide groups is 1. The zero-order chi connectivity index (χ0) is 23.5. The minimum Gasteiger partial charge on any atom is -0.497 e. The molecule has 8 heteroatoms. The number of methoxy groups -OCH3 is 2. The summed E-state index contributed by atoms with van der Waals surface area (Å²) in [7, 11) is 2.92. The van der Waals surface area contributed by atoms with E-state index in [2.05, 4.69) is 0 Å². The van der Waals surface area contributed by atoms with Crippen molar-refractivity contribution in [3.8, 4) is 11.5 Å². The normalized spacial score (nSPS) is 12.4. The predicted octanol–water partition coefficient (Wildman–Crippen LogP) is 3.54. The number of benzene rings is 3. The van der Waals surface area contributed by atoms with Gasteiger partial charge < -0.3 is 14.2 Å². The van der Waals surface area contributed by atoms with Gasteiger partial charge in [-0.15, -0.1) is 0 Å². The summed E-state index contributed by atoms with van der Waals surface area (Å²) in [6.45, 7) is -0.484. The molecule has 0 saturated heterocycles. The molecule has 0 aromatic heterocycles. The van der Waals surface area contributed by atoms with E-state index in [0.29, 0.717) is 28.3 Å². The number of Topliss-reactive ketones (excluding diaryl/α,β-unsaturated/α-hetero) is 1. The van der Waals surface area contributed by atoms with Gasteiger partial charge in [-0.1, -0.05) is 12.1 Å². The molecular weight excluding hydrogens is 426 g/mol. The van der Waals surface area contributed by atoms with E-state index >= 15 is 0 Å². The molecule has 0 radical (unpaired) electrons. The second-order valence-corrected chi connectivity index (χ2v) is 7.10. The molecule has 1 aliphatic heterocycles. The number of ether oxygens (including phenoxy) is 3. The molecule has 0 spiro atoms. The molecule has 0 saturated carbocycles. The third-order valence-electron chi connectivity index (χ3n) is 5.20. The second-order valence-electron chi connectivity index (χ2n) is 7.10. The summed E-state index contributed by atoms with van der Waals surface area (Å²) >= 11 is 0. The van der Waals surface area contributed by atoms with Crippen LogP contribution in [0.25, 0.3) is 0 Å². The molecule has 0 atom stereocenters. The van der Waals surface area contributed by atoms with E-state index in [-0.39, 0.29) is 11.1 Å². The number of hydrogen-bond donors (Lipinski definition) is 0. The fourth-order valence-corrected chi connectivity index (χ4v) is 3.49. The van der Waals surface area contributed by atoms with Gasteiger partial charge in [0.1, 0.15) is 11.5 Å². The van der Waals surface area contributed by atoms with Crippen LogP contribution in [-0.2, 0) is 4.74 Å². The van der Waals surface area contributed by atoms with Crippen molar-refractivity contribution in [2.75, 3.05) is 25.7 Å². The SMILES string of the molecule is COc1ccc(C(=O)COC(=O)c2ccc(N3C(=O)c4ccccc4C3=O)cc2)c(OC)c1. The number of nitrogens with zero attached hydrogens (tertiary/aromatic N) is 1. The van der Waals surface area contributed by atoms with Crippen molar-refractivity contribution in [1.82, 2.24) is 0 Å². The highest BCUT2D eigenvalue weighted by molar-refractivity contribution is 6.34. The van der Waals surface area contributed by atoms with E-state index in [1.54, 1.807) is 36.4 Å². The first-order valence-corrected chi connectivity index (χ1v) is 9.95. The van der Waals surface area contributed by atoms with E-state index in [4.69, 9.17) is 14.2 Å². The third-order valence-corrected chi connectivity index (χ3v) is 5.20. The lowest BCUT2D eigenvalue weighted by Gasteiger charge is -2.14. The van der Waals surface area contributed by atoms with Crippen LogP contribution in [-0.4, -0.2) is 44.4 Å². The Kier molecular flexibility index (Phi) is 5.91. The Morgan fingerprint density at radius 2 is 1.45 bits per heavy atom. The van der Waals surface area contributed by atoms with Gasteiger partial charge in [0, 0.05) is 6.07 Å². The van der Waals surface area contributed by atoms with Crippen LogP contribution in [0.15, 0.2) is 66.7 Å². The van der Waals surface area contributed by atoms with Gasteiger partial charge >= 0.3 is 5.97 Å². The molecule has 3 aromatic rings. The van der Waals surface area contributed by atoms with Crippen molar-refractivity contribution < 1.29 is 33.4 Å². The Bertz CT molecular complexity index is 1230. The van der Waals surface area contributed by atoms with E-state index < -0.39 is 30.2 Å². The molecule has 33 heavy (non-hydrogen) atoms. The van der Waals surface area contributed by atoms with E-state index in [0.717, 1.165) is 4.90 Å². The van der Waals surface area contributed by atoms with Gasteiger partial charge in [-0.2, -0.15) is 0 Å². The Labute approximate surface area is 189 Å². The van der Waals surface area contributed by atoms with Crippen molar-refractivity contribution in [3.63, 3.8) is 0 Å². The van der Waals surface area contributed by atoms with Gasteiger partial charge in [0.2, 0.25) is 5.78 Å². The molecule has 1 aliphatic rings. The molecule has 0 bridgehead atoms. The molecule has 0 aliphatic carbocycles. The largest absolute Gasteiger partial charge is 0.497 e. The first-order valence-electron chi connectivity index (χ1n) is 9.95. The van der Waals surface area contributed by atoms with E-state index in [9.17, 15) is 19.2 Å². The van der Waals surface area contributed by atoms with Gasteiger partial charge in [-0.05, 0) is 48.5 Å². The number of esters is 1. The summed E-state index contributed by atoms with van der Waals surface area (Å²) in [5, 5.41) is 0. The van der Waals surface area contributed by atoms with Crippen LogP contribution in [0.5, 0.6) is 11.5 Å². The third kappa shape index (κ3) is 4.06. The molecular formula is C25H19NO7. The molecule has 8 nitrogen and oxygen atoms in total. The Morgan fingerprint density at radius 1 is 0.818 bits per heavy atom. The van der Waals surface area contributed by atoms with Crippen molar-refractivity contribution in [3.05, 3.63) is 89.0 Å². The van der Waals surface area contributed by atoms with Crippen LogP contribution in [0.1, 0.15) is 41.4 Å². The number of fused-ring (bicyclic) bond motifs is 1. The van der Waals surface area contributed by atoms with Gasteiger partial charge in [0.05, 0.1) is 42.2 Å². The maximum atomic E-state index is 12.6. The first kappa shape index (κ1) is 21.8. The van der Waals surface area contributed by atoms with E-state index in [1.807, 2.05) is 0 Å². The zero-order valence-corrected chi connectivity index (χ0v) is 17.9. The van der Waals surface area contributed by atoms with Crippen LogP contribution in [0, 0.1) is 0 Å². The number of anilines is 1. The lowest BCUT2D eigenvalue weighted by molar-refractivity contribution is 0.0474. The summed E-state index contributed by atoms with van der Waals surface area (Å²) in [5.41, 5.74) is 1.42. The van der Waals surface area contributed by atoms with Crippen LogP contribution < -0.4 is 14.4 Å². The number of rotatable bonds is 7. The quantitative estimate of drug-likeness (QED) is 0.312. The fourth-order valence-electron chi connectivity index (χ4n) is 3.49. The van der Waals surface area contributed by atoms with Gasteiger partial charge in [-0.25, -0.2) is 9.69 Å². The second kappa shape index (κ2) is 8.96. The lowest BCUT2D eigenvalue weighted by atomic mass is 10.1. The number of amides is 2. The summed E-state index contributed by atoms with van der Waals surface area (Å²) in [5.74, 6) is -1.18. The summed E-state index contributed by atoms with van der Waals surface area (Å²) < 4.78 is 15.4. The standard InChI is InChI=1S/C25H19NO7/c1-31-17-11-12-20(22(13-17)32-2)21(27)14-33-25(30)15-7-9-16(10-8-15)26-23(28)18-5-3-4-6-19(18)24(26)29/h3-13H,14H2,1-2H3. The molecule has 1 heterocycles. The summed E-state index contributed by atoms with van der Waals surface area (Å²) in [4.78, 5) is 51.1. The predicted molar refractivity (Wildman–Crippen MR) is 118 cm³/mol. The average Bonchev–Trinajstić information content (AvgIpc) is 3.11. The molecule has 3 aromatic carbocycles. The molecule has 0 fully saturated rings. The summed E-state index contributed by atoms with van der Waals surface area (Å²) in [6, 6.07) is 17.1. The van der Waals surface area contributed by atoms with Crippen molar-refractivity contribution in [2.24, 2.45) is 0 Å². The van der Waals surface area contributed by atoms with Crippen molar-refractivity contribution in [1.29, 1.82) is 0 Å². The minimum atomic E-state index is -0.718. The van der Waals surface area contributed by atoms with Crippen LogP contribution in [0.3, 0.4) is 0 Å². The van der Waals surface area contributed by atoms with Crippen LogP contribution in [0.2, 0.25) is 0 Å². The van der Waals surface area contributed by atoms with E-state index in [1.165, 1.54) is 44.6 Å². The minimum absolute atomic E-state index is 0.171. The van der Waals surface area contributed by atoms with Crippen molar-refractivity contribution in [2.45, 2.75) is 0 Å². The molecule has 0 unspecified atom stereocenters. The first-order chi connectivity index (χ1) is 15.9. The highest BCUT2D eigenvalue weighted by atomic mass is 16.5. The lowest BCUT2D eigenvalue weighted by Crippen LogP contribution is -2.29. The fraction of sp³-hybridized carbons (Fsp3) is 0.120. The molecule has 0 N–H and O–H groups in total. The van der Waals surface area contributed by atoms with Crippen LogP contribution >= 0.6 is 0 Å². The molecule has 2 amide bonds. The molecule has 166 valence electrons. The maximum absolute atomic E-state index is 12.6. The molecule has 4 rings (SSSR count). The number of carbonyl (C=O) groups is 4. The topological polar surface area (TPSA) is 99.2 Å². The monoisotopic (exact) mass is 445 g/mol. The number of ketones is 1. The van der Waals surface area contributed by atoms with Crippen molar-refractivity contribution >= 4 is 29.3 Å². The van der Waals surface area contributed by atoms with Gasteiger partial charge in [-0.3, -0.25) is 14.4 Å². The van der Waals surface area contributed by atoms with Crippen LogP contribution in [0.4, 0.5) is 5.69 Å². The zero-order valence-electron chi connectivity index (χ0n) is 17.9. The summed E-state index contributed by atoms with van der Waals surface area (Å²) in [6.07, 6.45) is 0. The maximum Gasteiger partial charge on any atom is 0.338 e. The Hall–Kier alpha value is -4.46. The number of hydrogen-bond acceptors (Lipinski definition) is 7. The Morgan fingerprint density at radius 3 is 2.03 bits per heavy atom.